The van der Waals surface area contributed by atoms with Gasteiger partial charge in [0.25, 0.3) is 0 Å². The van der Waals surface area contributed by atoms with Crippen molar-refractivity contribution in [2.45, 2.75) is 18.9 Å². The predicted molar refractivity (Wildman–Crippen MR) is 89.5 cm³/mol. The van der Waals surface area contributed by atoms with Gasteiger partial charge in [0.05, 0.1) is 0 Å². The molecule has 3 aromatic rings. The summed E-state index contributed by atoms with van der Waals surface area (Å²) in [5.41, 5.74) is 3.17. The van der Waals surface area contributed by atoms with Gasteiger partial charge in [-0.05, 0) is 30.0 Å². The molecule has 1 aliphatic rings. The Labute approximate surface area is 140 Å². The molecule has 0 aliphatic carbocycles. The van der Waals surface area contributed by atoms with Crippen LogP contribution in [0.5, 0.6) is 0 Å². The largest absolute Gasteiger partial charge is 0.337 e. The van der Waals surface area contributed by atoms with Crippen LogP contribution in [0, 0.1) is 11.5 Å². The Morgan fingerprint density at radius 3 is 2.67 bits per heavy atom. The number of benzene rings is 2. The average Bonchev–Trinajstić information content (AvgIpc) is 3.31. The second-order valence-electron chi connectivity index (χ2n) is 5.85. The number of aromatic nitrogens is 2. The Morgan fingerprint density at radius 1 is 1.04 bits per heavy atom. The van der Waals surface area contributed by atoms with E-state index < -0.39 is 0 Å². The molecule has 1 aromatic heterocycles. The topological polar surface area (TPSA) is 66.0 Å². The average molecular weight is 316 g/mol. The van der Waals surface area contributed by atoms with Crippen LogP contribution in [0.4, 0.5) is 0 Å². The van der Waals surface area contributed by atoms with Gasteiger partial charge in [-0.2, -0.15) is 10.2 Å². The summed E-state index contributed by atoms with van der Waals surface area (Å²) < 4.78 is 5.43. The third-order valence-corrected chi connectivity index (χ3v) is 4.34. The second kappa shape index (κ2) is 6.17. The predicted octanol–water partition coefficient (Wildman–Crippen LogP) is 4.02. The van der Waals surface area contributed by atoms with Crippen molar-refractivity contribution in [3.8, 4) is 28.7 Å². The van der Waals surface area contributed by atoms with Gasteiger partial charge in [-0.15, -0.1) is 0 Å². The molecule has 0 N–H and O–H groups in total. The minimum absolute atomic E-state index is 0.0893. The molecule has 1 aliphatic heterocycles. The summed E-state index contributed by atoms with van der Waals surface area (Å²) in [5.74, 6) is 1.08. The van der Waals surface area contributed by atoms with Crippen LogP contribution in [-0.4, -0.2) is 21.6 Å². The van der Waals surface area contributed by atoms with Gasteiger partial charge in [0.1, 0.15) is 6.04 Å². The number of nitriles is 1. The van der Waals surface area contributed by atoms with Crippen LogP contribution >= 0.6 is 0 Å². The molecule has 1 saturated heterocycles. The van der Waals surface area contributed by atoms with Crippen molar-refractivity contribution >= 4 is 0 Å². The first-order valence-electron chi connectivity index (χ1n) is 8.01. The van der Waals surface area contributed by atoms with E-state index in [0.29, 0.717) is 11.7 Å². The van der Waals surface area contributed by atoms with Crippen molar-refractivity contribution in [1.29, 1.82) is 5.26 Å². The maximum absolute atomic E-state index is 9.17. The molecule has 0 amide bonds. The summed E-state index contributed by atoms with van der Waals surface area (Å²) in [6.45, 7) is 0.752. The van der Waals surface area contributed by atoms with Gasteiger partial charge in [-0.3, -0.25) is 4.90 Å². The highest BCUT2D eigenvalue weighted by atomic mass is 16.5. The van der Waals surface area contributed by atoms with Gasteiger partial charge in [-0.1, -0.05) is 53.7 Å². The third-order valence-electron chi connectivity index (χ3n) is 4.34. The van der Waals surface area contributed by atoms with Gasteiger partial charge in [0.15, 0.2) is 6.19 Å². The SMILES string of the molecule is N#CN1CCC[C@H]1c1nc(-c2cccc(-c3ccccc3)c2)no1. The van der Waals surface area contributed by atoms with E-state index in [1.165, 1.54) is 0 Å². The molecule has 2 heterocycles. The van der Waals surface area contributed by atoms with Crippen molar-refractivity contribution in [2.24, 2.45) is 0 Å². The van der Waals surface area contributed by atoms with Crippen molar-refractivity contribution in [3.63, 3.8) is 0 Å². The van der Waals surface area contributed by atoms with E-state index in [-0.39, 0.29) is 6.04 Å². The van der Waals surface area contributed by atoms with Crippen LogP contribution in [0.3, 0.4) is 0 Å². The lowest BCUT2D eigenvalue weighted by Crippen LogP contribution is -2.17. The molecule has 0 spiro atoms. The van der Waals surface area contributed by atoms with E-state index in [4.69, 9.17) is 4.52 Å². The lowest BCUT2D eigenvalue weighted by molar-refractivity contribution is 0.274. The van der Waals surface area contributed by atoms with Crippen molar-refractivity contribution in [1.82, 2.24) is 15.0 Å². The second-order valence-corrected chi connectivity index (χ2v) is 5.85. The molecule has 1 fully saturated rings. The number of likely N-dealkylation sites (tertiary alicyclic amines) is 1. The fraction of sp³-hybridized carbons (Fsp3) is 0.211. The third kappa shape index (κ3) is 2.63. The molecule has 2 aromatic carbocycles. The number of rotatable bonds is 3. The standard InChI is InChI=1S/C19H16N4O/c20-13-23-11-5-10-17(23)19-21-18(22-24-19)16-9-4-8-15(12-16)14-6-2-1-3-7-14/h1-4,6-9,12,17H,5,10-11H2/t17-/m0/s1. The molecule has 1 atom stereocenters. The minimum Gasteiger partial charge on any atom is -0.337 e. The number of nitrogens with zero attached hydrogens (tertiary/aromatic N) is 4. The molecule has 0 saturated carbocycles. The monoisotopic (exact) mass is 316 g/mol. The Hall–Kier alpha value is -3.13. The normalized spacial score (nSPS) is 17.0. The Kier molecular flexibility index (Phi) is 3.72. The van der Waals surface area contributed by atoms with E-state index in [2.05, 4.69) is 40.6 Å². The first-order valence-corrected chi connectivity index (χ1v) is 8.01. The minimum atomic E-state index is -0.0893. The molecule has 0 bridgehead atoms. The smallest absolute Gasteiger partial charge is 0.250 e. The van der Waals surface area contributed by atoms with Crippen LogP contribution in [0.2, 0.25) is 0 Å². The van der Waals surface area contributed by atoms with Crippen LogP contribution in [0.15, 0.2) is 59.1 Å². The lowest BCUT2D eigenvalue weighted by atomic mass is 10.0. The maximum Gasteiger partial charge on any atom is 0.250 e. The van der Waals surface area contributed by atoms with Crippen molar-refractivity contribution in [2.75, 3.05) is 6.54 Å². The zero-order valence-corrected chi connectivity index (χ0v) is 13.1. The van der Waals surface area contributed by atoms with Crippen molar-refractivity contribution < 1.29 is 4.52 Å². The molecule has 4 rings (SSSR count). The van der Waals surface area contributed by atoms with E-state index in [0.717, 1.165) is 36.1 Å². The molecule has 0 unspecified atom stereocenters. The van der Waals surface area contributed by atoms with E-state index in [9.17, 15) is 5.26 Å². The summed E-state index contributed by atoms with van der Waals surface area (Å²) in [7, 11) is 0. The first kappa shape index (κ1) is 14.5. The summed E-state index contributed by atoms with van der Waals surface area (Å²) in [5, 5.41) is 13.3. The molecular formula is C19H16N4O. The van der Waals surface area contributed by atoms with E-state index >= 15 is 0 Å². The fourth-order valence-corrected chi connectivity index (χ4v) is 3.10. The highest BCUT2D eigenvalue weighted by Gasteiger charge is 2.30. The van der Waals surface area contributed by atoms with Gasteiger partial charge in [-0.25, -0.2) is 0 Å². The summed E-state index contributed by atoms with van der Waals surface area (Å²) in [6, 6.07) is 18.2. The zero-order valence-electron chi connectivity index (χ0n) is 13.1. The number of hydrogen-bond acceptors (Lipinski definition) is 5. The first-order chi connectivity index (χ1) is 11.8. The van der Waals surface area contributed by atoms with E-state index in [1.807, 2.05) is 30.3 Å². The summed E-state index contributed by atoms with van der Waals surface area (Å²) in [6.07, 6.45) is 4.04. The van der Waals surface area contributed by atoms with Crippen LogP contribution in [0.25, 0.3) is 22.5 Å². The van der Waals surface area contributed by atoms with E-state index in [1.54, 1.807) is 4.90 Å². The Morgan fingerprint density at radius 2 is 1.83 bits per heavy atom. The Balaban J connectivity index is 1.65. The highest BCUT2D eigenvalue weighted by Crippen LogP contribution is 2.31. The quantitative estimate of drug-likeness (QED) is 0.683. The summed E-state index contributed by atoms with van der Waals surface area (Å²) >= 11 is 0. The van der Waals surface area contributed by atoms with Crippen LogP contribution in [0.1, 0.15) is 24.8 Å². The molecule has 118 valence electrons. The Bertz CT molecular complexity index is 882. The molecule has 5 nitrogen and oxygen atoms in total. The molecule has 0 radical (unpaired) electrons. The van der Waals surface area contributed by atoms with Crippen molar-refractivity contribution in [3.05, 3.63) is 60.5 Å². The molecule has 24 heavy (non-hydrogen) atoms. The highest BCUT2D eigenvalue weighted by molar-refractivity contribution is 5.69. The van der Waals surface area contributed by atoms with Crippen LogP contribution in [-0.2, 0) is 0 Å². The summed E-state index contributed by atoms with van der Waals surface area (Å²) in [4.78, 5) is 6.23. The zero-order chi connectivity index (χ0) is 16.4. The van der Waals surface area contributed by atoms with Gasteiger partial charge in [0.2, 0.25) is 11.7 Å². The maximum atomic E-state index is 9.17. The molecular weight excluding hydrogens is 300 g/mol. The molecule has 5 heteroatoms. The number of hydrogen-bond donors (Lipinski definition) is 0. The van der Waals surface area contributed by atoms with Gasteiger partial charge >= 0.3 is 0 Å². The van der Waals surface area contributed by atoms with Gasteiger partial charge < -0.3 is 4.52 Å². The van der Waals surface area contributed by atoms with Crippen LogP contribution < -0.4 is 0 Å². The fourth-order valence-electron chi connectivity index (χ4n) is 3.10. The lowest BCUT2D eigenvalue weighted by Gasteiger charge is -2.12. The van der Waals surface area contributed by atoms with Gasteiger partial charge in [0, 0.05) is 12.1 Å².